The zero-order chi connectivity index (χ0) is 38.6. The molecule has 0 saturated carbocycles. The molecule has 6 nitrogen and oxygen atoms in total. The summed E-state index contributed by atoms with van der Waals surface area (Å²) in [5.74, 6) is 1.66. The molecule has 0 N–H and O–H groups in total. The first-order valence-corrected chi connectivity index (χ1v) is 19.3. The van der Waals surface area contributed by atoms with Crippen molar-refractivity contribution in [2.45, 2.75) is 0 Å². The monoisotopic (exact) mass is 740 g/mol. The van der Waals surface area contributed by atoms with Gasteiger partial charge in [-0.2, -0.15) is 5.26 Å². The quantitative estimate of drug-likeness (QED) is 0.170. The van der Waals surface area contributed by atoms with Crippen molar-refractivity contribution in [3.05, 3.63) is 200 Å². The van der Waals surface area contributed by atoms with Gasteiger partial charge in [0, 0.05) is 49.6 Å². The lowest BCUT2D eigenvalue weighted by molar-refractivity contribution is 1.07. The fourth-order valence-electron chi connectivity index (χ4n) is 8.39. The van der Waals surface area contributed by atoms with Crippen LogP contribution in [0.5, 0.6) is 0 Å². The van der Waals surface area contributed by atoms with Crippen molar-refractivity contribution in [3.63, 3.8) is 0 Å². The lowest BCUT2D eigenvalue weighted by Crippen LogP contribution is -2.00. The number of aromatic nitrogens is 5. The summed E-state index contributed by atoms with van der Waals surface area (Å²) in [4.78, 5) is 14.7. The number of benzene rings is 8. The Hall–Kier alpha value is -8.14. The second-order valence-electron chi connectivity index (χ2n) is 14.4. The van der Waals surface area contributed by atoms with Crippen molar-refractivity contribution in [1.82, 2.24) is 24.1 Å². The number of nitriles is 1. The van der Waals surface area contributed by atoms with Gasteiger partial charge in [-0.1, -0.05) is 146 Å². The van der Waals surface area contributed by atoms with Crippen LogP contribution in [-0.2, 0) is 0 Å². The minimum absolute atomic E-state index is 0.508. The summed E-state index contributed by atoms with van der Waals surface area (Å²) in [5.41, 5.74) is 11.5. The smallest absolute Gasteiger partial charge is 0.164 e. The molecule has 3 aromatic heterocycles. The van der Waals surface area contributed by atoms with Gasteiger partial charge in [0.2, 0.25) is 0 Å². The zero-order valence-corrected chi connectivity index (χ0v) is 31.2. The summed E-state index contributed by atoms with van der Waals surface area (Å²) >= 11 is 0. The predicted octanol–water partition coefficient (Wildman–Crippen LogP) is 12.6. The molecule has 6 heteroatoms. The molecule has 0 aliphatic heterocycles. The number of hydrogen-bond acceptors (Lipinski definition) is 4. The van der Waals surface area contributed by atoms with Gasteiger partial charge in [-0.3, -0.25) is 0 Å². The highest BCUT2D eigenvalue weighted by Crippen LogP contribution is 2.43. The third-order valence-corrected chi connectivity index (χ3v) is 11.0. The van der Waals surface area contributed by atoms with Gasteiger partial charge >= 0.3 is 0 Å². The van der Waals surface area contributed by atoms with E-state index >= 15 is 0 Å². The first kappa shape index (κ1) is 33.2. The highest BCUT2D eigenvalue weighted by atomic mass is 15.0. The van der Waals surface area contributed by atoms with Gasteiger partial charge in [0.25, 0.3) is 0 Å². The first-order valence-electron chi connectivity index (χ1n) is 19.3. The summed E-state index contributed by atoms with van der Waals surface area (Å²) in [6.45, 7) is 0. The number of hydrogen-bond donors (Lipinski definition) is 0. The van der Waals surface area contributed by atoms with E-state index in [1.54, 1.807) is 0 Å². The first-order chi connectivity index (χ1) is 28.7. The normalized spacial score (nSPS) is 11.4. The third kappa shape index (κ3) is 5.37. The number of nitrogens with zero attached hydrogens (tertiary/aromatic N) is 6. The molecule has 0 saturated heterocycles. The maximum absolute atomic E-state index is 10.7. The average Bonchev–Trinajstić information content (AvgIpc) is 3.82. The molecule has 8 aromatic carbocycles. The molecular weight excluding hydrogens is 709 g/mol. The number of para-hydroxylation sites is 3. The maximum Gasteiger partial charge on any atom is 0.164 e. The Balaban J connectivity index is 1.12. The highest BCUT2D eigenvalue weighted by Gasteiger charge is 2.22. The van der Waals surface area contributed by atoms with Crippen LogP contribution in [0.4, 0.5) is 0 Å². The molecular formula is C52H32N6. The minimum atomic E-state index is 0.508. The summed E-state index contributed by atoms with van der Waals surface area (Å²) in [7, 11) is 0. The molecule has 0 atom stereocenters. The molecule has 0 spiro atoms. The second kappa shape index (κ2) is 13.6. The Morgan fingerprint density at radius 3 is 1.55 bits per heavy atom. The Bertz CT molecular complexity index is 3320. The van der Waals surface area contributed by atoms with E-state index in [2.05, 4.69) is 124 Å². The van der Waals surface area contributed by atoms with Crippen molar-refractivity contribution in [2.24, 2.45) is 0 Å². The van der Waals surface area contributed by atoms with E-state index in [1.165, 1.54) is 21.7 Å². The third-order valence-electron chi connectivity index (χ3n) is 11.0. The summed E-state index contributed by atoms with van der Waals surface area (Å²) in [5, 5.41) is 15.4. The van der Waals surface area contributed by atoms with Crippen LogP contribution in [0.1, 0.15) is 5.56 Å². The predicted molar refractivity (Wildman–Crippen MR) is 235 cm³/mol. The summed E-state index contributed by atoms with van der Waals surface area (Å²) < 4.78 is 4.75. The lowest BCUT2D eigenvalue weighted by atomic mass is 9.96. The van der Waals surface area contributed by atoms with Gasteiger partial charge in [-0.05, 0) is 59.7 Å². The molecule has 0 radical (unpaired) electrons. The maximum atomic E-state index is 10.7. The molecule has 11 rings (SSSR count). The van der Waals surface area contributed by atoms with Gasteiger partial charge in [-0.15, -0.1) is 0 Å². The van der Waals surface area contributed by atoms with Crippen molar-refractivity contribution in [2.75, 3.05) is 0 Å². The van der Waals surface area contributed by atoms with Crippen LogP contribution in [0.15, 0.2) is 194 Å². The Morgan fingerprint density at radius 1 is 0.379 bits per heavy atom. The van der Waals surface area contributed by atoms with Gasteiger partial charge < -0.3 is 9.13 Å². The van der Waals surface area contributed by atoms with E-state index < -0.39 is 0 Å². The van der Waals surface area contributed by atoms with Crippen LogP contribution in [0, 0.1) is 11.3 Å². The second-order valence-corrected chi connectivity index (χ2v) is 14.4. The topological polar surface area (TPSA) is 72.3 Å². The van der Waals surface area contributed by atoms with E-state index in [1.807, 2.05) is 84.9 Å². The minimum Gasteiger partial charge on any atom is -0.309 e. The van der Waals surface area contributed by atoms with Crippen LogP contribution in [-0.4, -0.2) is 24.1 Å². The van der Waals surface area contributed by atoms with Gasteiger partial charge in [0.05, 0.1) is 33.7 Å². The standard InChI is InChI=1S/C52H32N6/c53-33-38-31-37(52-55-50(34-15-5-1-6-16-34)54-51(56-52)35-17-7-2-8-18-35)26-27-41(38)36-25-28-44-47(32-36)57(39-19-9-3-10-20-39)46-30-29-43-42-23-13-14-24-45(42)58(49(43)48(44)46)40-21-11-4-12-22-40/h1-32H. The van der Waals surface area contributed by atoms with Gasteiger partial charge in [0.15, 0.2) is 17.5 Å². The highest BCUT2D eigenvalue weighted by molar-refractivity contribution is 6.26. The van der Waals surface area contributed by atoms with Crippen LogP contribution in [0.3, 0.4) is 0 Å². The van der Waals surface area contributed by atoms with E-state index in [4.69, 9.17) is 15.0 Å². The van der Waals surface area contributed by atoms with Crippen LogP contribution in [0.25, 0.3) is 100 Å². The molecule has 0 aliphatic carbocycles. The van der Waals surface area contributed by atoms with Crippen molar-refractivity contribution < 1.29 is 0 Å². The average molecular weight is 741 g/mol. The van der Waals surface area contributed by atoms with Crippen molar-refractivity contribution in [3.8, 4) is 62.7 Å². The van der Waals surface area contributed by atoms with Crippen LogP contribution in [0.2, 0.25) is 0 Å². The fourth-order valence-corrected chi connectivity index (χ4v) is 8.39. The molecule has 0 aliphatic rings. The van der Waals surface area contributed by atoms with Crippen molar-refractivity contribution in [1.29, 1.82) is 5.26 Å². The zero-order valence-electron chi connectivity index (χ0n) is 31.2. The molecule has 11 aromatic rings. The van der Waals surface area contributed by atoms with E-state index in [0.717, 1.165) is 61.1 Å². The van der Waals surface area contributed by atoms with E-state index in [9.17, 15) is 5.26 Å². The van der Waals surface area contributed by atoms with Crippen LogP contribution >= 0.6 is 0 Å². The summed E-state index contributed by atoms with van der Waals surface area (Å²) in [6.07, 6.45) is 0. The lowest BCUT2D eigenvalue weighted by Gasteiger charge is -2.11. The summed E-state index contributed by atoms with van der Waals surface area (Å²) in [6, 6.07) is 69.1. The SMILES string of the molecule is N#Cc1cc(-c2nc(-c3ccccc3)nc(-c3ccccc3)n2)ccc1-c1ccc2c3c(ccc4c5ccccc5n(-c5ccccc5)c43)n(-c3ccccc3)c2c1. The fraction of sp³-hybridized carbons (Fsp3) is 0. The van der Waals surface area contributed by atoms with E-state index in [-0.39, 0.29) is 0 Å². The number of rotatable bonds is 6. The molecule has 270 valence electrons. The van der Waals surface area contributed by atoms with E-state index in [0.29, 0.717) is 23.0 Å². The Morgan fingerprint density at radius 2 is 0.914 bits per heavy atom. The molecule has 0 amide bonds. The van der Waals surface area contributed by atoms with Crippen LogP contribution < -0.4 is 0 Å². The molecule has 0 fully saturated rings. The molecule has 3 heterocycles. The largest absolute Gasteiger partial charge is 0.309 e. The molecule has 0 bridgehead atoms. The van der Waals surface area contributed by atoms with Gasteiger partial charge in [-0.25, -0.2) is 15.0 Å². The molecule has 58 heavy (non-hydrogen) atoms. The van der Waals surface area contributed by atoms with Gasteiger partial charge in [0.1, 0.15) is 0 Å². The van der Waals surface area contributed by atoms with Crippen molar-refractivity contribution >= 4 is 43.6 Å². The number of fused-ring (bicyclic) bond motifs is 7. The molecule has 0 unspecified atom stereocenters. The Labute approximate surface area is 334 Å². The Kier molecular flexibility index (Phi) is 7.76.